The molecule has 0 amide bonds. The van der Waals surface area contributed by atoms with E-state index in [9.17, 15) is 0 Å². The zero-order valence-corrected chi connectivity index (χ0v) is 15.2. The zero-order chi connectivity index (χ0) is 16.2. The van der Waals surface area contributed by atoms with E-state index in [-0.39, 0.29) is 0 Å². The fourth-order valence-corrected chi connectivity index (χ4v) is 3.14. The molecule has 0 aliphatic carbocycles. The number of nitrogens with zero attached hydrogens (tertiary/aromatic N) is 5. The van der Waals surface area contributed by atoms with Crippen LogP contribution in [0.15, 0.2) is 41.0 Å². The Labute approximate surface area is 146 Å². The fraction of sp³-hybridized carbons (Fsp3) is 0.412. The lowest BCUT2D eigenvalue weighted by atomic mass is 10.2. The third kappa shape index (κ3) is 4.00. The molecule has 1 saturated heterocycles. The number of aromatic nitrogens is 2. The zero-order valence-electron chi connectivity index (χ0n) is 13.6. The first-order valence-electron chi connectivity index (χ1n) is 7.84. The van der Waals surface area contributed by atoms with Gasteiger partial charge in [0.2, 0.25) is 5.95 Å². The molecule has 0 unspecified atom stereocenters. The molecule has 2 heterocycles. The molecule has 1 aromatic heterocycles. The lowest BCUT2D eigenvalue weighted by Crippen LogP contribution is -2.46. The van der Waals surface area contributed by atoms with Gasteiger partial charge in [0.1, 0.15) is 5.82 Å². The van der Waals surface area contributed by atoms with Crippen molar-refractivity contribution in [1.29, 1.82) is 0 Å². The molecule has 122 valence electrons. The second-order valence-electron chi connectivity index (χ2n) is 5.96. The molecule has 2 aromatic rings. The normalized spacial score (nSPS) is 15.7. The number of benzene rings is 1. The van der Waals surface area contributed by atoms with Crippen LogP contribution in [-0.4, -0.2) is 55.1 Å². The first-order chi connectivity index (χ1) is 11.1. The Morgan fingerprint density at radius 1 is 1.09 bits per heavy atom. The average Bonchev–Trinajstić information content (AvgIpc) is 2.58. The summed E-state index contributed by atoms with van der Waals surface area (Å²) >= 11 is 3.63. The lowest BCUT2D eigenvalue weighted by Gasteiger charge is -2.35. The Morgan fingerprint density at radius 3 is 2.52 bits per heavy atom. The first-order valence-corrected chi connectivity index (χ1v) is 8.64. The smallest absolute Gasteiger partial charge is 0.226 e. The van der Waals surface area contributed by atoms with Gasteiger partial charge in [0, 0.05) is 57.5 Å². The molecule has 0 spiro atoms. The van der Waals surface area contributed by atoms with Crippen LogP contribution in [0.4, 0.5) is 11.8 Å². The van der Waals surface area contributed by atoms with Crippen molar-refractivity contribution in [3.05, 3.63) is 46.6 Å². The second-order valence-corrected chi connectivity index (χ2v) is 6.82. The van der Waals surface area contributed by atoms with Crippen LogP contribution < -0.4 is 9.80 Å². The molecule has 6 heteroatoms. The van der Waals surface area contributed by atoms with Crippen LogP contribution >= 0.6 is 15.9 Å². The van der Waals surface area contributed by atoms with Crippen molar-refractivity contribution in [2.75, 3.05) is 50.1 Å². The first kappa shape index (κ1) is 16.2. The molecule has 23 heavy (non-hydrogen) atoms. The lowest BCUT2D eigenvalue weighted by molar-refractivity contribution is 0.249. The molecule has 0 radical (unpaired) electrons. The van der Waals surface area contributed by atoms with Crippen molar-refractivity contribution in [2.45, 2.75) is 6.54 Å². The van der Waals surface area contributed by atoms with E-state index in [2.05, 4.69) is 60.0 Å². The highest BCUT2D eigenvalue weighted by molar-refractivity contribution is 9.10. The van der Waals surface area contributed by atoms with Gasteiger partial charge in [-0.1, -0.05) is 34.1 Å². The predicted molar refractivity (Wildman–Crippen MR) is 98.0 cm³/mol. The van der Waals surface area contributed by atoms with E-state index in [1.807, 2.05) is 31.3 Å². The molecule has 1 aromatic carbocycles. The molecular formula is C17H22BrN5. The maximum absolute atomic E-state index is 4.63. The van der Waals surface area contributed by atoms with Gasteiger partial charge in [-0.3, -0.25) is 4.90 Å². The molecule has 0 saturated carbocycles. The maximum atomic E-state index is 4.63. The molecule has 1 aliphatic heterocycles. The summed E-state index contributed by atoms with van der Waals surface area (Å²) in [6.45, 7) is 5.07. The standard InChI is InChI=1S/C17H22BrN5/c1-21(2)17-19-8-7-16(20-17)23-11-9-22(10-12-23)13-14-5-3-4-6-15(14)18/h3-8H,9-13H2,1-2H3. The van der Waals surface area contributed by atoms with Gasteiger partial charge >= 0.3 is 0 Å². The van der Waals surface area contributed by atoms with Gasteiger partial charge in [-0.15, -0.1) is 0 Å². The summed E-state index contributed by atoms with van der Waals surface area (Å²) in [6, 6.07) is 10.4. The summed E-state index contributed by atoms with van der Waals surface area (Å²) in [6.07, 6.45) is 1.84. The highest BCUT2D eigenvalue weighted by atomic mass is 79.9. The third-order valence-electron chi connectivity index (χ3n) is 4.08. The largest absolute Gasteiger partial charge is 0.354 e. The third-order valence-corrected chi connectivity index (χ3v) is 4.85. The van der Waals surface area contributed by atoms with E-state index in [0.29, 0.717) is 0 Å². The SMILES string of the molecule is CN(C)c1nccc(N2CCN(Cc3ccccc3Br)CC2)n1. The molecule has 1 fully saturated rings. The number of hydrogen-bond acceptors (Lipinski definition) is 5. The summed E-state index contributed by atoms with van der Waals surface area (Å²) in [5.74, 6) is 1.78. The fourth-order valence-electron chi connectivity index (χ4n) is 2.73. The Balaban J connectivity index is 1.60. The van der Waals surface area contributed by atoms with Gasteiger partial charge in [-0.25, -0.2) is 4.98 Å². The summed E-state index contributed by atoms with van der Waals surface area (Å²) in [5, 5.41) is 0. The highest BCUT2D eigenvalue weighted by Gasteiger charge is 2.19. The topological polar surface area (TPSA) is 35.5 Å². The highest BCUT2D eigenvalue weighted by Crippen LogP contribution is 2.20. The van der Waals surface area contributed by atoms with Gasteiger partial charge in [0.15, 0.2) is 0 Å². The minimum Gasteiger partial charge on any atom is -0.354 e. The van der Waals surface area contributed by atoms with E-state index in [1.165, 1.54) is 10.0 Å². The van der Waals surface area contributed by atoms with Crippen LogP contribution in [0.5, 0.6) is 0 Å². The van der Waals surface area contributed by atoms with E-state index in [1.54, 1.807) is 0 Å². The molecular weight excluding hydrogens is 354 g/mol. The quantitative estimate of drug-likeness (QED) is 0.820. The number of hydrogen-bond donors (Lipinski definition) is 0. The molecule has 0 N–H and O–H groups in total. The van der Waals surface area contributed by atoms with Gasteiger partial charge < -0.3 is 9.80 Å². The Hall–Kier alpha value is -1.66. The molecule has 0 bridgehead atoms. The van der Waals surface area contributed by atoms with Gasteiger partial charge in [-0.2, -0.15) is 4.98 Å². The minimum atomic E-state index is 0.762. The van der Waals surface area contributed by atoms with E-state index in [4.69, 9.17) is 0 Å². The van der Waals surface area contributed by atoms with E-state index < -0.39 is 0 Å². The monoisotopic (exact) mass is 375 g/mol. The van der Waals surface area contributed by atoms with Gasteiger partial charge in [0.25, 0.3) is 0 Å². The summed E-state index contributed by atoms with van der Waals surface area (Å²) < 4.78 is 1.19. The Kier molecular flexibility index (Phi) is 5.13. The summed E-state index contributed by atoms with van der Waals surface area (Å²) in [4.78, 5) is 15.7. The number of anilines is 2. The maximum Gasteiger partial charge on any atom is 0.226 e. The van der Waals surface area contributed by atoms with Crippen LogP contribution in [0.3, 0.4) is 0 Å². The summed E-state index contributed by atoms with van der Waals surface area (Å²) in [5.41, 5.74) is 1.35. The summed E-state index contributed by atoms with van der Waals surface area (Å²) in [7, 11) is 3.93. The van der Waals surface area contributed by atoms with Crippen molar-refractivity contribution in [2.24, 2.45) is 0 Å². The van der Waals surface area contributed by atoms with Gasteiger partial charge in [0.05, 0.1) is 0 Å². The Morgan fingerprint density at radius 2 is 1.83 bits per heavy atom. The number of piperazine rings is 1. The van der Waals surface area contributed by atoms with E-state index in [0.717, 1.165) is 44.5 Å². The van der Waals surface area contributed by atoms with Crippen LogP contribution in [0.2, 0.25) is 0 Å². The average molecular weight is 376 g/mol. The van der Waals surface area contributed by atoms with Crippen molar-refractivity contribution < 1.29 is 0 Å². The van der Waals surface area contributed by atoms with E-state index >= 15 is 0 Å². The van der Waals surface area contributed by atoms with Crippen molar-refractivity contribution in [3.8, 4) is 0 Å². The van der Waals surface area contributed by atoms with Crippen LogP contribution in [0, 0.1) is 0 Å². The van der Waals surface area contributed by atoms with Crippen LogP contribution in [-0.2, 0) is 6.54 Å². The molecule has 3 rings (SSSR count). The molecule has 0 atom stereocenters. The molecule has 5 nitrogen and oxygen atoms in total. The second kappa shape index (κ2) is 7.27. The molecule has 1 aliphatic rings. The number of rotatable bonds is 4. The van der Waals surface area contributed by atoms with Gasteiger partial charge in [-0.05, 0) is 17.7 Å². The van der Waals surface area contributed by atoms with Crippen LogP contribution in [0.25, 0.3) is 0 Å². The predicted octanol–water partition coefficient (Wildman–Crippen LogP) is 2.63. The van der Waals surface area contributed by atoms with Crippen molar-refractivity contribution in [3.63, 3.8) is 0 Å². The Bertz CT molecular complexity index is 653. The number of halogens is 1. The van der Waals surface area contributed by atoms with Crippen molar-refractivity contribution >= 4 is 27.7 Å². The van der Waals surface area contributed by atoms with Crippen molar-refractivity contribution in [1.82, 2.24) is 14.9 Å². The van der Waals surface area contributed by atoms with Crippen LogP contribution in [0.1, 0.15) is 5.56 Å². The minimum absolute atomic E-state index is 0.762.